The van der Waals surface area contributed by atoms with Crippen LogP contribution in [0.3, 0.4) is 0 Å². The highest BCUT2D eigenvalue weighted by atomic mass is 35.5. The number of nitrogens with one attached hydrogen (secondary N) is 1. The van der Waals surface area contributed by atoms with Crippen molar-refractivity contribution in [3.63, 3.8) is 0 Å². The number of rotatable bonds is 4. The monoisotopic (exact) mass is 386 g/mol. The fourth-order valence-electron chi connectivity index (χ4n) is 2.33. The summed E-state index contributed by atoms with van der Waals surface area (Å²) in [7, 11) is 0. The highest BCUT2D eigenvalue weighted by Gasteiger charge is 2.13. The molecule has 1 amide bonds. The molecule has 3 rings (SSSR count). The first kappa shape index (κ1) is 18.2. The van der Waals surface area contributed by atoms with Gasteiger partial charge in [0.15, 0.2) is 0 Å². The Morgan fingerprint density at radius 1 is 1.35 bits per heavy atom. The van der Waals surface area contributed by atoms with E-state index in [1.807, 2.05) is 26.8 Å². The summed E-state index contributed by atoms with van der Waals surface area (Å²) in [5.74, 6) is 0.338. The fraction of sp³-hybridized carbons (Fsp3) is 0.235. The number of hydrogen-bond acceptors (Lipinski definition) is 6. The maximum Gasteiger partial charge on any atom is 0.253 e. The average molecular weight is 387 g/mol. The first-order valence-electron chi connectivity index (χ1n) is 7.72. The van der Waals surface area contributed by atoms with Crippen molar-refractivity contribution in [3.8, 4) is 6.07 Å². The van der Waals surface area contributed by atoms with Gasteiger partial charge in [-0.15, -0.1) is 5.10 Å². The minimum absolute atomic E-state index is 0.102. The zero-order valence-corrected chi connectivity index (χ0v) is 15.9. The van der Waals surface area contributed by atoms with Crippen LogP contribution in [0.5, 0.6) is 0 Å². The van der Waals surface area contributed by atoms with Gasteiger partial charge in [-0.25, -0.2) is 9.50 Å². The zero-order chi connectivity index (χ0) is 18.8. The molecular formula is C17H15ClN6OS. The molecule has 0 bridgehead atoms. The highest BCUT2D eigenvalue weighted by molar-refractivity contribution is 7.99. The van der Waals surface area contributed by atoms with Crippen LogP contribution in [-0.2, 0) is 4.79 Å². The molecule has 0 unspecified atom stereocenters. The third-order valence-corrected chi connectivity index (χ3v) is 5.02. The molecule has 0 aliphatic carbocycles. The average Bonchev–Trinajstić information content (AvgIpc) is 3.01. The second-order valence-electron chi connectivity index (χ2n) is 5.65. The number of hydrogen-bond donors (Lipinski definition) is 1. The van der Waals surface area contributed by atoms with E-state index >= 15 is 0 Å². The van der Waals surface area contributed by atoms with E-state index < -0.39 is 0 Å². The number of aromatic nitrogens is 4. The molecule has 0 saturated carbocycles. The topological polar surface area (TPSA) is 96.0 Å². The summed E-state index contributed by atoms with van der Waals surface area (Å²) in [5.41, 5.74) is 3.67. The van der Waals surface area contributed by atoms with E-state index in [-0.39, 0.29) is 11.7 Å². The lowest BCUT2D eigenvalue weighted by atomic mass is 10.2. The molecule has 0 fully saturated rings. The number of nitriles is 1. The van der Waals surface area contributed by atoms with Gasteiger partial charge < -0.3 is 5.32 Å². The van der Waals surface area contributed by atoms with Gasteiger partial charge in [0.25, 0.3) is 5.78 Å². The van der Waals surface area contributed by atoms with E-state index in [0.717, 1.165) is 17.0 Å². The third-order valence-electron chi connectivity index (χ3n) is 3.95. The molecule has 0 aliphatic rings. The van der Waals surface area contributed by atoms with Crippen molar-refractivity contribution in [3.05, 3.63) is 45.7 Å². The van der Waals surface area contributed by atoms with Gasteiger partial charge in [0, 0.05) is 16.4 Å². The molecule has 2 heterocycles. The normalized spacial score (nSPS) is 10.7. The van der Waals surface area contributed by atoms with Crippen LogP contribution in [0.1, 0.15) is 22.5 Å². The van der Waals surface area contributed by atoms with Crippen molar-refractivity contribution >= 4 is 40.7 Å². The number of thioether (sulfide) groups is 1. The maximum atomic E-state index is 12.2. The van der Waals surface area contributed by atoms with Crippen molar-refractivity contribution < 1.29 is 4.79 Å². The van der Waals surface area contributed by atoms with Crippen LogP contribution in [0, 0.1) is 32.1 Å². The lowest BCUT2D eigenvalue weighted by Crippen LogP contribution is -2.15. The van der Waals surface area contributed by atoms with E-state index in [1.54, 1.807) is 22.7 Å². The number of carbonyl (C=O) groups excluding carboxylic acids is 1. The predicted molar refractivity (Wildman–Crippen MR) is 101 cm³/mol. The Kier molecular flexibility index (Phi) is 5.11. The molecular weight excluding hydrogens is 372 g/mol. The van der Waals surface area contributed by atoms with Crippen molar-refractivity contribution in [2.75, 3.05) is 11.1 Å². The zero-order valence-electron chi connectivity index (χ0n) is 14.4. The lowest BCUT2D eigenvalue weighted by Gasteiger charge is -2.06. The smallest absolute Gasteiger partial charge is 0.253 e. The molecule has 0 atom stereocenters. The van der Waals surface area contributed by atoms with Gasteiger partial charge in [0.05, 0.1) is 17.0 Å². The minimum atomic E-state index is -0.273. The second-order valence-corrected chi connectivity index (χ2v) is 7.03. The molecule has 26 heavy (non-hydrogen) atoms. The lowest BCUT2D eigenvalue weighted by molar-refractivity contribution is -0.113. The quantitative estimate of drug-likeness (QED) is 0.691. The first-order chi connectivity index (χ1) is 12.4. The molecule has 3 aromatic rings. The Bertz CT molecular complexity index is 1060. The van der Waals surface area contributed by atoms with Crippen LogP contribution in [0.25, 0.3) is 5.78 Å². The second kappa shape index (κ2) is 7.32. The van der Waals surface area contributed by atoms with Crippen LogP contribution in [-0.4, -0.2) is 31.2 Å². The van der Waals surface area contributed by atoms with Gasteiger partial charge >= 0.3 is 0 Å². The Morgan fingerprint density at radius 2 is 2.12 bits per heavy atom. The van der Waals surface area contributed by atoms with Gasteiger partial charge in [-0.2, -0.15) is 10.2 Å². The van der Waals surface area contributed by atoms with Gasteiger partial charge in [-0.1, -0.05) is 23.4 Å². The Hall–Kier alpha value is -2.63. The molecule has 9 heteroatoms. The van der Waals surface area contributed by atoms with Crippen LogP contribution in [0.15, 0.2) is 23.4 Å². The number of fused-ring (bicyclic) bond motifs is 1. The van der Waals surface area contributed by atoms with E-state index in [4.69, 9.17) is 16.9 Å². The van der Waals surface area contributed by atoms with E-state index in [2.05, 4.69) is 20.4 Å². The van der Waals surface area contributed by atoms with Crippen molar-refractivity contribution in [1.29, 1.82) is 5.26 Å². The predicted octanol–water partition coefficient (Wildman–Crippen LogP) is 3.31. The summed E-state index contributed by atoms with van der Waals surface area (Å²) in [6.45, 7) is 5.86. The molecule has 2 aromatic heterocycles. The summed E-state index contributed by atoms with van der Waals surface area (Å²) in [5, 5.41) is 17.1. The standard InChI is InChI=1S/C17H15ClN6OS/c1-9-10(2)20-16-22-17(23-24(16)11(9)3)26-8-15(25)21-14-6-13(18)5-4-12(14)7-19/h4-6H,8H2,1-3H3,(H,21,25). The van der Waals surface area contributed by atoms with Crippen molar-refractivity contribution in [2.45, 2.75) is 25.9 Å². The van der Waals surface area contributed by atoms with Gasteiger partial charge in [-0.3, -0.25) is 4.79 Å². The van der Waals surface area contributed by atoms with Gasteiger partial charge in [0.2, 0.25) is 11.1 Å². The largest absolute Gasteiger partial charge is 0.324 e. The molecule has 0 spiro atoms. The number of carbonyl (C=O) groups is 1. The molecule has 0 radical (unpaired) electrons. The Morgan fingerprint density at radius 3 is 2.85 bits per heavy atom. The SMILES string of the molecule is Cc1nc2nc(SCC(=O)Nc3cc(Cl)ccc3C#N)nn2c(C)c1C. The number of nitrogens with zero attached hydrogens (tertiary/aromatic N) is 5. The van der Waals surface area contributed by atoms with E-state index in [0.29, 0.717) is 27.2 Å². The van der Waals surface area contributed by atoms with Crippen LogP contribution in [0.4, 0.5) is 5.69 Å². The number of halogens is 1. The Labute approximate surface area is 159 Å². The summed E-state index contributed by atoms with van der Waals surface area (Å²) < 4.78 is 1.67. The number of aryl methyl sites for hydroxylation is 2. The van der Waals surface area contributed by atoms with Crippen LogP contribution in [0.2, 0.25) is 5.02 Å². The van der Waals surface area contributed by atoms with Crippen molar-refractivity contribution in [1.82, 2.24) is 19.6 Å². The Balaban J connectivity index is 1.72. The summed E-state index contributed by atoms with van der Waals surface area (Å²) in [6.07, 6.45) is 0. The van der Waals surface area contributed by atoms with Crippen LogP contribution < -0.4 is 5.32 Å². The molecule has 1 N–H and O–H groups in total. The maximum absolute atomic E-state index is 12.2. The third kappa shape index (κ3) is 3.64. The first-order valence-corrected chi connectivity index (χ1v) is 9.08. The number of amides is 1. The van der Waals surface area contributed by atoms with Gasteiger partial charge in [-0.05, 0) is 44.5 Å². The molecule has 7 nitrogen and oxygen atoms in total. The molecule has 0 saturated heterocycles. The van der Waals surface area contributed by atoms with Crippen molar-refractivity contribution in [2.24, 2.45) is 0 Å². The molecule has 132 valence electrons. The number of benzene rings is 1. The number of anilines is 1. The summed E-state index contributed by atoms with van der Waals surface area (Å²) in [4.78, 5) is 21.0. The summed E-state index contributed by atoms with van der Waals surface area (Å²) in [6, 6.07) is 6.73. The van der Waals surface area contributed by atoms with Crippen LogP contribution >= 0.6 is 23.4 Å². The van der Waals surface area contributed by atoms with E-state index in [1.165, 1.54) is 11.8 Å². The molecule has 0 aliphatic heterocycles. The minimum Gasteiger partial charge on any atom is -0.324 e. The molecule has 1 aromatic carbocycles. The van der Waals surface area contributed by atoms with E-state index in [9.17, 15) is 4.79 Å². The highest BCUT2D eigenvalue weighted by Crippen LogP contribution is 2.22. The summed E-state index contributed by atoms with van der Waals surface area (Å²) >= 11 is 7.12. The van der Waals surface area contributed by atoms with Gasteiger partial charge in [0.1, 0.15) is 6.07 Å². The fourth-order valence-corrected chi connectivity index (χ4v) is 3.12.